The van der Waals surface area contributed by atoms with Crippen LogP contribution in [0.15, 0.2) is 36.5 Å². The van der Waals surface area contributed by atoms with Crippen molar-refractivity contribution in [2.24, 2.45) is 0 Å². The van der Waals surface area contributed by atoms with Gasteiger partial charge in [-0.05, 0) is 38.1 Å². The van der Waals surface area contributed by atoms with Crippen molar-refractivity contribution in [3.63, 3.8) is 0 Å². The van der Waals surface area contributed by atoms with Crippen molar-refractivity contribution in [2.45, 2.75) is 13.8 Å². The van der Waals surface area contributed by atoms with Crippen LogP contribution in [-0.2, 0) is 4.74 Å². The second kappa shape index (κ2) is 5.00. The number of nitrogens with zero attached hydrogens (tertiary/aromatic N) is 1. The summed E-state index contributed by atoms with van der Waals surface area (Å²) in [7, 11) is 1.36. The van der Waals surface area contributed by atoms with Crippen molar-refractivity contribution in [2.75, 3.05) is 7.11 Å². The molecule has 1 heterocycles. The molecule has 18 heavy (non-hydrogen) atoms. The molecule has 3 heteroatoms. The van der Waals surface area contributed by atoms with E-state index in [1.54, 1.807) is 12.3 Å². The molecule has 1 aromatic carbocycles. The van der Waals surface area contributed by atoms with E-state index in [9.17, 15) is 4.79 Å². The highest BCUT2D eigenvalue weighted by Crippen LogP contribution is 2.20. The van der Waals surface area contributed by atoms with Crippen LogP contribution in [0.5, 0.6) is 0 Å². The molecule has 0 spiro atoms. The third-order valence-corrected chi connectivity index (χ3v) is 2.70. The maximum atomic E-state index is 11.3. The van der Waals surface area contributed by atoms with Crippen LogP contribution >= 0.6 is 0 Å². The number of carbonyl (C=O) groups is 1. The quantitative estimate of drug-likeness (QED) is 0.758. The number of carbonyl (C=O) groups excluding carboxylic acids is 1. The topological polar surface area (TPSA) is 39.2 Å². The van der Waals surface area contributed by atoms with Crippen molar-refractivity contribution in [1.82, 2.24) is 4.98 Å². The lowest BCUT2D eigenvalue weighted by Gasteiger charge is -2.05. The molecule has 0 aliphatic heterocycles. The molecule has 1 aromatic heterocycles. The third kappa shape index (κ3) is 2.56. The fourth-order valence-corrected chi connectivity index (χ4v) is 1.93. The monoisotopic (exact) mass is 241 g/mol. The molecule has 0 N–H and O–H groups in total. The maximum Gasteiger partial charge on any atom is 0.339 e. The average Bonchev–Trinajstić information content (AvgIpc) is 2.37. The molecule has 0 aliphatic rings. The van der Waals surface area contributed by atoms with Crippen LogP contribution < -0.4 is 0 Å². The molecule has 3 nitrogen and oxygen atoms in total. The summed E-state index contributed by atoms with van der Waals surface area (Å²) in [5, 5.41) is 0. The highest BCUT2D eigenvalue weighted by Gasteiger charge is 2.06. The maximum absolute atomic E-state index is 11.3. The first-order valence-electron chi connectivity index (χ1n) is 5.73. The fraction of sp³-hybridized carbons (Fsp3) is 0.200. The summed E-state index contributed by atoms with van der Waals surface area (Å²) in [6.07, 6.45) is 1.54. The van der Waals surface area contributed by atoms with Crippen molar-refractivity contribution in [3.05, 3.63) is 53.2 Å². The lowest BCUT2D eigenvalue weighted by atomic mass is 10.0. The van der Waals surface area contributed by atoms with E-state index in [1.165, 1.54) is 18.2 Å². The van der Waals surface area contributed by atoms with E-state index in [0.29, 0.717) is 5.56 Å². The molecule has 2 aromatic rings. The van der Waals surface area contributed by atoms with E-state index in [-0.39, 0.29) is 5.97 Å². The average molecular weight is 241 g/mol. The summed E-state index contributed by atoms with van der Waals surface area (Å²) in [6, 6.07) is 9.83. The van der Waals surface area contributed by atoms with Gasteiger partial charge < -0.3 is 4.74 Å². The Morgan fingerprint density at radius 3 is 2.28 bits per heavy atom. The Morgan fingerprint density at radius 1 is 1.11 bits per heavy atom. The summed E-state index contributed by atoms with van der Waals surface area (Å²) in [6.45, 7) is 4.11. The molecule has 0 saturated heterocycles. The number of ether oxygens (including phenoxy) is 1. The Morgan fingerprint density at radius 2 is 1.78 bits per heavy atom. The van der Waals surface area contributed by atoms with Gasteiger partial charge in [-0.2, -0.15) is 0 Å². The normalized spacial score (nSPS) is 10.2. The van der Waals surface area contributed by atoms with E-state index >= 15 is 0 Å². The van der Waals surface area contributed by atoms with Gasteiger partial charge in [0.1, 0.15) is 0 Å². The number of aromatic nitrogens is 1. The standard InChI is InChI=1S/C15H15NO2/c1-10-6-11(2)8-13(7-10)14-5-4-12(9-16-14)15(17)18-3/h4-9H,1-3H3. The van der Waals surface area contributed by atoms with E-state index in [2.05, 4.69) is 41.8 Å². The van der Waals surface area contributed by atoms with E-state index in [4.69, 9.17) is 0 Å². The molecule has 0 amide bonds. The molecule has 0 aliphatic carbocycles. The van der Waals surface area contributed by atoms with Gasteiger partial charge in [0.15, 0.2) is 0 Å². The van der Waals surface area contributed by atoms with Crippen LogP contribution in [0.25, 0.3) is 11.3 Å². The first-order chi connectivity index (χ1) is 8.60. The first-order valence-corrected chi connectivity index (χ1v) is 5.73. The molecule has 2 rings (SSSR count). The predicted octanol–water partition coefficient (Wildman–Crippen LogP) is 3.15. The summed E-state index contributed by atoms with van der Waals surface area (Å²) in [5.74, 6) is -0.366. The van der Waals surface area contributed by atoms with E-state index in [0.717, 1.165) is 11.3 Å². The minimum atomic E-state index is -0.366. The molecular formula is C15H15NO2. The molecule has 0 fully saturated rings. The molecule has 0 radical (unpaired) electrons. The number of pyridine rings is 1. The fourth-order valence-electron chi connectivity index (χ4n) is 1.93. The number of rotatable bonds is 2. The second-order valence-electron chi connectivity index (χ2n) is 4.30. The van der Waals surface area contributed by atoms with Gasteiger partial charge in [0, 0.05) is 11.8 Å². The van der Waals surface area contributed by atoms with Crippen molar-refractivity contribution >= 4 is 5.97 Å². The van der Waals surface area contributed by atoms with E-state index < -0.39 is 0 Å². The van der Waals surface area contributed by atoms with Gasteiger partial charge in [-0.25, -0.2) is 4.79 Å². The minimum absolute atomic E-state index is 0.366. The largest absolute Gasteiger partial charge is 0.465 e. The van der Waals surface area contributed by atoms with Gasteiger partial charge in [-0.15, -0.1) is 0 Å². The molecule has 0 atom stereocenters. The summed E-state index contributed by atoms with van der Waals surface area (Å²) in [4.78, 5) is 15.6. The minimum Gasteiger partial charge on any atom is -0.465 e. The molecule has 0 unspecified atom stereocenters. The Hall–Kier alpha value is -2.16. The smallest absolute Gasteiger partial charge is 0.339 e. The number of benzene rings is 1. The predicted molar refractivity (Wildman–Crippen MR) is 70.5 cm³/mol. The van der Waals surface area contributed by atoms with Gasteiger partial charge in [0.05, 0.1) is 18.4 Å². The highest BCUT2D eigenvalue weighted by atomic mass is 16.5. The molecule has 0 saturated carbocycles. The van der Waals surface area contributed by atoms with Crippen LogP contribution in [0.3, 0.4) is 0 Å². The van der Waals surface area contributed by atoms with Crippen molar-refractivity contribution < 1.29 is 9.53 Å². The Bertz CT molecular complexity index is 553. The highest BCUT2D eigenvalue weighted by molar-refractivity contribution is 5.89. The zero-order chi connectivity index (χ0) is 13.1. The Kier molecular flexibility index (Phi) is 3.42. The zero-order valence-electron chi connectivity index (χ0n) is 10.7. The zero-order valence-corrected chi connectivity index (χ0v) is 10.7. The summed E-state index contributed by atoms with van der Waals surface area (Å²) in [5.41, 5.74) is 4.77. The van der Waals surface area contributed by atoms with Gasteiger partial charge in [0.25, 0.3) is 0 Å². The lowest BCUT2D eigenvalue weighted by Crippen LogP contribution is -2.01. The number of hydrogen-bond acceptors (Lipinski definition) is 3. The van der Waals surface area contributed by atoms with Crippen LogP contribution in [0.1, 0.15) is 21.5 Å². The van der Waals surface area contributed by atoms with E-state index in [1.807, 2.05) is 6.07 Å². The van der Waals surface area contributed by atoms with Gasteiger partial charge in [-0.3, -0.25) is 4.98 Å². The third-order valence-electron chi connectivity index (χ3n) is 2.70. The van der Waals surface area contributed by atoms with Crippen molar-refractivity contribution in [1.29, 1.82) is 0 Å². The molecular weight excluding hydrogens is 226 g/mol. The Labute approximate surface area is 106 Å². The molecule has 92 valence electrons. The summed E-state index contributed by atoms with van der Waals surface area (Å²) < 4.78 is 4.64. The van der Waals surface area contributed by atoms with Crippen LogP contribution in [-0.4, -0.2) is 18.1 Å². The lowest BCUT2D eigenvalue weighted by molar-refractivity contribution is 0.0600. The Balaban J connectivity index is 2.37. The number of esters is 1. The number of aryl methyl sites for hydroxylation is 2. The molecule has 0 bridgehead atoms. The van der Waals surface area contributed by atoms with Gasteiger partial charge in [0.2, 0.25) is 0 Å². The first kappa shape index (κ1) is 12.3. The van der Waals surface area contributed by atoms with Crippen LogP contribution in [0, 0.1) is 13.8 Å². The van der Waals surface area contributed by atoms with Crippen LogP contribution in [0.4, 0.5) is 0 Å². The second-order valence-corrected chi connectivity index (χ2v) is 4.30. The number of hydrogen-bond donors (Lipinski definition) is 0. The van der Waals surface area contributed by atoms with Gasteiger partial charge in [-0.1, -0.05) is 17.2 Å². The number of methoxy groups -OCH3 is 1. The van der Waals surface area contributed by atoms with Gasteiger partial charge >= 0.3 is 5.97 Å². The van der Waals surface area contributed by atoms with Crippen LogP contribution in [0.2, 0.25) is 0 Å². The summed E-state index contributed by atoms with van der Waals surface area (Å²) >= 11 is 0. The SMILES string of the molecule is COC(=O)c1ccc(-c2cc(C)cc(C)c2)nc1. The van der Waals surface area contributed by atoms with Crippen molar-refractivity contribution in [3.8, 4) is 11.3 Å².